The van der Waals surface area contributed by atoms with Gasteiger partial charge in [0.15, 0.2) is 0 Å². The molecule has 1 aromatic carbocycles. The Morgan fingerprint density at radius 1 is 1.17 bits per heavy atom. The van der Waals surface area contributed by atoms with Crippen LogP contribution in [0.4, 0.5) is 0 Å². The summed E-state index contributed by atoms with van der Waals surface area (Å²) in [4.78, 5) is 10.5. The fraction of sp³-hybridized carbons (Fsp3) is 0.533. The van der Waals surface area contributed by atoms with Crippen LogP contribution in [0.5, 0.6) is 0 Å². The highest BCUT2D eigenvalue weighted by atomic mass is 16.5. The fourth-order valence-electron chi connectivity index (χ4n) is 1.90. The van der Waals surface area contributed by atoms with Crippen LogP contribution in [-0.2, 0) is 22.6 Å². The number of hydrogen-bond acceptors (Lipinski definition) is 2. The molecule has 100 valence electrons. The van der Waals surface area contributed by atoms with Crippen molar-refractivity contribution >= 4 is 5.97 Å². The molecule has 3 heteroatoms. The van der Waals surface area contributed by atoms with Crippen molar-refractivity contribution in [1.29, 1.82) is 0 Å². The molecule has 1 aromatic rings. The summed E-state index contributed by atoms with van der Waals surface area (Å²) >= 11 is 0. The van der Waals surface area contributed by atoms with E-state index in [1.807, 2.05) is 24.3 Å². The first-order valence-corrected chi connectivity index (χ1v) is 6.38. The predicted octanol–water partition coefficient (Wildman–Crippen LogP) is 3.26. The zero-order valence-corrected chi connectivity index (χ0v) is 11.3. The maximum atomic E-state index is 10.5. The van der Waals surface area contributed by atoms with E-state index >= 15 is 0 Å². The van der Waals surface area contributed by atoms with Crippen molar-refractivity contribution in [2.45, 2.75) is 46.3 Å². The van der Waals surface area contributed by atoms with Crippen molar-refractivity contribution in [3.05, 3.63) is 35.4 Å². The molecule has 1 N–H and O–H groups in total. The molecular weight excluding hydrogens is 228 g/mol. The SMILES string of the molecule is CC(C)CC(C)OCc1ccc(CC(=O)O)cc1. The first kappa shape index (κ1) is 14.7. The van der Waals surface area contributed by atoms with E-state index in [9.17, 15) is 4.79 Å². The molecule has 0 spiro atoms. The number of carboxylic acids is 1. The van der Waals surface area contributed by atoms with Gasteiger partial charge in [0, 0.05) is 0 Å². The largest absolute Gasteiger partial charge is 0.481 e. The van der Waals surface area contributed by atoms with Gasteiger partial charge in [-0.1, -0.05) is 38.1 Å². The van der Waals surface area contributed by atoms with Crippen LogP contribution in [-0.4, -0.2) is 17.2 Å². The van der Waals surface area contributed by atoms with Crippen LogP contribution < -0.4 is 0 Å². The molecule has 0 aliphatic heterocycles. The molecule has 1 unspecified atom stereocenters. The summed E-state index contributed by atoms with van der Waals surface area (Å²) in [6.45, 7) is 7.03. The van der Waals surface area contributed by atoms with E-state index in [0.717, 1.165) is 17.5 Å². The second kappa shape index (κ2) is 7.17. The van der Waals surface area contributed by atoms with Crippen LogP contribution in [0.2, 0.25) is 0 Å². The van der Waals surface area contributed by atoms with Gasteiger partial charge >= 0.3 is 5.97 Å². The number of rotatable bonds is 7. The zero-order chi connectivity index (χ0) is 13.5. The summed E-state index contributed by atoms with van der Waals surface area (Å²) in [6.07, 6.45) is 1.38. The Morgan fingerprint density at radius 3 is 2.22 bits per heavy atom. The molecule has 0 amide bonds. The average molecular weight is 250 g/mol. The van der Waals surface area contributed by atoms with E-state index in [0.29, 0.717) is 12.5 Å². The average Bonchev–Trinajstić information content (AvgIpc) is 2.26. The maximum absolute atomic E-state index is 10.5. The topological polar surface area (TPSA) is 46.5 Å². The van der Waals surface area contributed by atoms with E-state index in [4.69, 9.17) is 9.84 Å². The quantitative estimate of drug-likeness (QED) is 0.808. The summed E-state index contributed by atoms with van der Waals surface area (Å²) in [5.41, 5.74) is 1.90. The molecule has 0 fully saturated rings. The minimum absolute atomic E-state index is 0.0743. The molecule has 3 nitrogen and oxygen atoms in total. The van der Waals surface area contributed by atoms with Crippen molar-refractivity contribution in [2.75, 3.05) is 0 Å². The smallest absolute Gasteiger partial charge is 0.307 e. The lowest BCUT2D eigenvalue weighted by atomic mass is 10.1. The summed E-state index contributed by atoms with van der Waals surface area (Å²) in [5, 5.41) is 8.67. The van der Waals surface area contributed by atoms with Crippen molar-refractivity contribution in [1.82, 2.24) is 0 Å². The molecule has 0 aliphatic carbocycles. The third-order valence-electron chi connectivity index (χ3n) is 2.72. The van der Waals surface area contributed by atoms with Crippen LogP contribution in [0.1, 0.15) is 38.3 Å². The Hall–Kier alpha value is -1.35. The highest BCUT2D eigenvalue weighted by molar-refractivity contribution is 5.70. The fourth-order valence-corrected chi connectivity index (χ4v) is 1.90. The standard InChI is InChI=1S/C15H22O3/c1-11(2)8-12(3)18-10-14-6-4-13(5-7-14)9-15(16)17/h4-7,11-12H,8-10H2,1-3H3,(H,16,17). The van der Waals surface area contributed by atoms with Crippen molar-refractivity contribution < 1.29 is 14.6 Å². The van der Waals surface area contributed by atoms with Crippen LogP contribution in [0, 0.1) is 5.92 Å². The molecule has 0 saturated carbocycles. The zero-order valence-electron chi connectivity index (χ0n) is 11.3. The molecule has 18 heavy (non-hydrogen) atoms. The van der Waals surface area contributed by atoms with Gasteiger partial charge in [-0.3, -0.25) is 4.79 Å². The Bertz CT molecular complexity index is 368. The third-order valence-corrected chi connectivity index (χ3v) is 2.72. The highest BCUT2D eigenvalue weighted by Gasteiger charge is 2.06. The Labute approximate surface area is 109 Å². The molecular formula is C15H22O3. The van der Waals surface area contributed by atoms with Gasteiger partial charge in [0.2, 0.25) is 0 Å². The summed E-state index contributed by atoms with van der Waals surface area (Å²) in [6, 6.07) is 7.56. The molecule has 1 rings (SSSR count). The van der Waals surface area contributed by atoms with Gasteiger partial charge in [-0.05, 0) is 30.4 Å². The monoisotopic (exact) mass is 250 g/mol. The molecule has 0 saturated heterocycles. The predicted molar refractivity (Wildman–Crippen MR) is 71.5 cm³/mol. The summed E-state index contributed by atoms with van der Waals surface area (Å²) in [5.74, 6) is -0.164. The lowest BCUT2D eigenvalue weighted by Crippen LogP contribution is -2.11. The van der Waals surface area contributed by atoms with Crippen molar-refractivity contribution in [3.8, 4) is 0 Å². The van der Waals surface area contributed by atoms with Gasteiger partial charge in [-0.2, -0.15) is 0 Å². The molecule has 1 atom stereocenters. The van der Waals surface area contributed by atoms with E-state index in [1.165, 1.54) is 0 Å². The van der Waals surface area contributed by atoms with Crippen molar-refractivity contribution in [2.24, 2.45) is 5.92 Å². The lowest BCUT2D eigenvalue weighted by molar-refractivity contribution is -0.136. The van der Waals surface area contributed by atoms with Gasteiger partial charge in [-0.15, -0.1) is 0 Å². The normalized spacial score (nSPS) is 12.7. The summed E-state index contributed by atoms with van der Waals surface area (Å²) in [7, 11) is 0. The second-order valence-corrected chi connectivity index (χ2v) is 5.14. The first-order valence-electron chi connectivity index (χ1n) is 6.38. The number of carbonyl (C=O) groups is 1. The minimum Gasteiger partial charge on any atom is -0.481 e. The van der Waals surface area contributed by atoms with E-state index < -0.39 is 5.97 Å². The van der Waals surface area contributed by atoms with Crippen LogP contribution in [0.3, 0.4) is 0 Å². The third kappa shape index (κ3) is 5.82. The lowest BCUT2D eigenvalue weighted by Gasteiger charge is -2.15. The maximum Gasteiger partial charge on any atom is 0.307 e. The number of benzene rings is 1. The molecule has 0 aromatic heterocycles. The molecule has 0 aliphatic rings. The Morgan fingerprint density at radius 2 is 1.72 bits per heavy atom. The van der Waals surface area contributed by atoms with E-state index in [2.05, 4.69) is 20.8 Å². The van der Waals surface area contributed by atoms with Crippen LogP contribution in [0.25, 0.3) is 0 Å². The number of hydrogen-bond donors (Lipinski definition) is 1. The second-order valence-electron chi connectivity index (χ2n) is 5.14. The summed E-state index contributed by atoms with van der Waals surface area (Å²) < 4.78 is 5.74. The first-order chi connectivity index (χ1) is 8.47. The minimum atomic E-state index is -0.801. The molecule has 0 radical (unpaired) electrons. The number of aliphatic carboxylic acids is 1. The Kier molecular flexibility index (Phi) is 5.86. The molecule has 0 bridgehead atoms. The number of carboxylic acid groups (broad SMARTS) is 1. The van der Waals surface area contributed by atoms with Crippen LogP contribution >= 0.6 is 0 Å². The van der Waals surface area contributed by atoms with E-state index in [1.54, 1.807) is 0 Å². The highest BCUT2D eigenvalue weighted by Crippen LogP contribution is 2.11. The van der Waals surface area contributed by atoms with E-state index in [-0.39, 0.29) is 12.5 Å². The van der Waals surface area contributed by atoms with Gasteiger partial charge in [-0.25, -0.2) is 0 Å². The van der Waals surface area contributed by atoms with Gasteiger partial charge < -0.3 is 9.84 Å². The Balaban J connectivity index is 2.41. The van der Waals surface area contributed by atoms with Gasteiger partial charge in [0.25, 0.3) is 0 Å². The van der Waals surface area contributed by atoms with Crippen molar-refractivity contribution in [3.63, 3.8) is 0 Å². The number of ether oxygens (including phenoxy) is 1. The van der Waals surface area contributed by atoms with Crippen LogP contribution in [0.15, 0.2) is 24.3 Å². The van der Waals surface area contributed by atoms with Gasteiger partial charge in [0.1, 0.15) is 0 Å². The molecule has 0 heterocycles. The van der Waals surface area contributed by atoms with Gasteiger partial charge in [0.05, 0.1) is 19.1 Å².